The zero-order chi connectivity index (χ0) is 28.6. The SMILES string of the molecule is C[C@H]1[C@@H](CO)C[C@H](O)[C@H]2CN1C(=O)c1c(OCc3ccccc3)c(=O)c(C(=O)NCc3ccc(F)cc3F)cn12. The molecule has 2 aliphatic heterocycles. The van der Waals surface area contributed by atoms with Gasteiger partial charge in [0.25, 0.3) is 11.8 Å². The molecular formula is C29H29F2N3O6. The summed E-state index contributed by atoms with van der Waals surface area (Å²) in [6, 6.07) is 10.8. The number of carbonyl (C=O) groups is 2. The van der Waals surface area contributed by atoms with E-state index in [2.05, 4.69) is 5.32 Å². The van der Waals surface area contributed by atoms with Gasteiger partial charge >= 0.3 is 0 Å². The molecule has 3 aromatic rings. The predicted octanol–water partition coefficient (Wildman–Crippen LogP) is 2.39. The minimum Gasteiger partial charge on any atom is -0.483 e. The number of amides is 2. The highest BCUT2D eigenvalue weighted by Crippen LogP contribution is 2.37. The van der Waals surface area contributed by atoms with E-state index in [9.17, 15) is 33.4 Å². The maximum Gasteiger partial charge on any atom is 0.274 e. The minimum absolute atomic E-state index is 0.0161. The van der Waals surface area contributed by atoms with Gasteiger partial charge in [-0.05, 0) is 25.0 Å². The Bertz CT molecular complexity index is 1500. The lowest BCUT2D eigenvalue weighted by Gasteiger charge is -2.39. The average Bonchev–Trinajstić information content (AvgIpc) is 3.05. The van der Waals surface area contributed by atoms with Crippen molar-refractivity contribution in [1.29, 1.82) is 0 Å². The molecule has 5 rings (SSSR count). The third-order valence-electron chi connectivity index (χ3n) is 7.72. The van der Waals surface area contributed by atoms with Gasteiger partial charge < -0.3 is 29.7 Å². The Labute approximate surface area is 228 Å². The van der Waals surface area contributed by atoms with Crippen LogP contribution in [0.3, 0.4) is 0 Å². The molecule has 1 aromatic heterocycles. The van der Waals surface area contributed by atoms with Crippen LogP contribution in [0, 0.1) is 17.6 Å². The Kier molecular flexibility index (Phi) is 7.68. The summed E-state index contributed by atoms with van der Waals surface area (Å²) in [7, 11) is 0. The molecular weight excluding hydrogens is 524 g/mol. The highest BCUT2D eigenvalue weighted by atomic mass is 19.1. The van der Waals surface area contributed by atoms with Crippen molar-refractivity contribution in [3.8, 4) is 5.75 Å². The Morgan fingerprint density at radius 1 is 1.15 bits per heavy atom. The van der Waals surface area contributed by atoms with Crippen molar-refractivity contribution in [3.63, 3.8) is 0 Å². The summed E-state index contributed by atoms with van der Waals surface area (Å²) in [5, 5.41) is 23.5. The first-order valence-corrected chi connectivity index (χ1v) is 13.0. The van der Waals surface area contributed by atoms with E-state index in [-0.39, 0.29) is 55.3 Å². The molecule has 2 amide bonds. The highest BCUT2D eigenvalue weighted by Gasteiger charge is 2.45. The molecule has 11 heteroatoms. The maximum atomic E-state index is 14.1. The fourth-order valence-electron chi connectivity index (χ4n) is 5.35. The molecule has 3 N–H and O–H groups in total. The maximum absolute atomic E-state index is 14.1. The van der Waals surface area contributed by atoms with Crippen LogP contribution in [-0.4, -0.2) is 56.8 Å². The number of fused-ring (bicyclic) bond motifs is 4. The number of benzene rings is 2. The lowest BCUT2D eigenvalue weighted by atomic mass is 9.95. The first kappa shape index (κ1) is 27.5. The second kappa shape index (κ2) is 11.2. The number of rotatable bonds is 7. The van der Waals surface area contributed by atoms with Gasteiger partial charge in [0.05, 0.1) is 12.1 Å². The first-order chi connectivity index (χ1) is 19.2. The summed E-state index contributed by atoms with van der Waals surface area (Å²) in [5.74, 6) is -3.73. The molecule has 1 saturated heterocycles. The predicted molar refractivity (Wildman–Crippen MR) is 140 cm³/mol. The van der Waals surface area contributed by atoms with Crippen molar-refractivity contribution in [2.24, 2.45) is 5.92 Å². The van der Waals surface area contributed by atoms with Crippen LogP contribution in [0.1, 0.15) is 51.4 Å². The van der Waals surface area contributed by atoms with Gasteiger partial charge in [0.2, 0.25) is 5.43 Å². The van der Waals surface area contributed by atoms with Crippen molar-refractivity contribution in [2.45, 2.75) is 44.7 Å². The van der Waals surface area contributed by atoms with Crippen LogP contribution in [0.2, 0.25) is 0 Å². The third-order valence-corrected chi connectivity index (χ3v) is 7.72. The minimum atomic E-state index is -0.995. The molecule has 4 atom stereocenters. The molecule has 0 saturated carbocycles. The molecule has 2 bridgehead atoms. The van der Waals surface area contributed by atoms with Gasteiger partial charge in [-0.25, -0.2) is 8.78 Å². The lowest BCUT2D eigenvalue weighted by Crippen LogP contribution is -2.50. The normalized spacial score (nSPS) is 21.9. The van der Waals surface area contributed by atoms with E-state index in [1.165, 1.54) is 21.7 Å². The van der Waals surface area contributed by atoms with Crippen molar-refractivity contribution in [2.75, 3.05) is 13.2 Å². The summed E-state index contributed by atoms with van der Waals surface area (Å²) >= 11 is 0. The zero-order valence-electron chi connectivity index (χ0n) is 21.7. The number of pyridine rings is 1. The second-order valence-electron chi connectivity index (χ2n) is 10.2. The molecule has 210 valence electrons. The number of carbonyl (C=O) groups excluding carboxylic acids is 2. The molecule has 40 heavy (non-hydrogen) atoms. The zero-order valence-corrected chi connectivity index (χ0v) is 21.7. The number of halogens is 2. The Morgan fingerprint density at radius 2 is 1.90 bits per heavy atom. The average molecular weight is 554 g/mol. The van der Waals surface area contributed by atoms with E-state index < -0.39 is 53.0 Å². The monoisotopic (exact) mass is 553 g/mol. The van der Waals surface area contributed by atoms with Crippen molar-refractivity contribution in [3.05, 3.63) is 99.0 Å². The number of hydrogen-bond donors (Lipinski definition) is 3. The number of nitrogens with one attached hydrogen (secondary N) is 1. The van der Waals surface area contributed by atoms with Crippen LogP contribution < -0.4 is 15.5 Å². The number of aromatic nitrogens is 1. The van der Waals surface area contributed by atoms with Gasteiger partial charge in [-0.15, -0.1) is 0 Å². The second-order valence-corrected chi connectivity index (χ2v) is 10.2. The van der Waals surface area contributed by atoms with Crippen LogP contribution in [0.4, 0.5) is 8.78 Å². The largest absolute Gasteiger partial charge is 0.483 e. The summed E-state index contributed by atoms with van der Waals surface area (Å²) in [6.45, 7) is 1.26. The van der Waals surface area contributed by atoms with E-state index in [4.69, 9.17) is 4.74 Å². The molecule has 9 nitrogen and oxygen atoms in total. The van der Waals surface area contributed by atoms with Gasteiger partial charge in [-0.3, -0.25) is 14.4 Å². The quantitative estimate of drug-likeness (QED) is 0.413. The summed E-state index contributed by atoms with van der Waals surface area (Å²) in [4.78, 5) is 42.1. The molecule has 0 spiro atoms. The van der Waals surface area contributed by atoms with Crippen molar-refractivity contribution < 1.29 is 33.3 Å². The Morgan fingerprint density at radius 3 is 2.60 bits per heavy atom. The number of hydrogen-bond acceptors (Lipinski definition) is 6. The van der Waals surface area contributed by atoms with Crippen molar-refractivity contribution in [1.82, 2.24) is 14.8 Å². The number of aliphatic hydroxyl groups is 2. The van der Waals surface area contributed by atoms with Crippen LogP contribution in [0.25, 0.3) is 0 Å². The molecule has 3 heterocycles. The fraction of sp³-hybridized carbons (Fsp3) is 0.345. The number of nitrogens with zero attached hydrogens (tertiary/aromatic N) is 2. The summed E-state index contributed by atoms with van der Waals surface area (Å²) in [5.41, 5.74) is -0.561. The lowest BCUT2D eigenvalue weighted by molar-refractivity contribution is 0.0483. The molecule has 0 unspecified atom stereocenters. The van der Waals surface area contributed by atoms with Crippen LogP contribution in [-0.2, 0) is 13.2 Å². The molecule has 0 radical (unpaired) electrons. The van der Waals surface area contributed by atoms with E-state index in [1.54, 1.807) is 31.2 Å². The Balaban J connectivity index is 1.57. The van der Waals surface area contributed by atoms with E-state index in [0.717, 1.165) is 11.6 Å². The van der Waals surface area contributed by atoms with Gasteiger partial charge in [0.15, 0.2) is 11.4 Å². The molecule has 2 aliphatic rings. The third kappa shape index (κ3) is 5.09. The van der Waals surface area contributed by atoms with Gasteiger partial charge in [-0.1, -0.05) is 36.4 Å². The molecule has 1 fully saturated rings. The Hall–Kier alpha value is -4.09. The van der Waals surface area contributed by atoms with E-state index in [0.29, 0.717) is 6.07 Å². The molecule has 0 aliphatic carbocycles. The van der Waals surface area contributed by atoms with Gasteiger partial charge in [-0.2, -0.15) is 0 Å². The van der Waals surface area contributed by atoms with Crippen LogP contribution >= 0.6 is 0 Å². The standard InChI is InChI=1S/C29H29F2N3O6/c1-16-19(14-35)9-24(36)23-13-33(16)29(39)25-27(40-15-17-5-3-2-4-6-17)26(37)21(12-34(23)25)28(38)32-11-18-7-8-20(30)10-22(18)31/h2-8,10,12,16,19,23-24,35-36H,9,11,13-15H2,1H3,(H,32,38)/t16-,19+,23+,24-/m0/s1. The number of aliphatic hydroxyl groups excluding tert-OH is 2. The van der Waals surface area contributed by atoms with Gasteiger partial charge in [0, 0.05) is 49.5 Å². The number of ether oxygens (including phenoxy) is 1. The van der Waals surface area contributed by atoms with Crippen molar-refractivity contribution >= 4 is 11.8 Å². The van der Waals surface area contributed by atoms with Crippen LogP contribution in [0.15, 0.2) is 59.5 Å². The summed E-state index contributed by atoms with van der Waals surface area (Å²) in [6.07, 6.45) is 0.421. The van der Waals surface area contributed by atoms with Crippen LogP contribution in [0.5, 0.6) is 5.75 Å². The first-order valence-electron chi connectivity index (χ1n) is 13.0. The fourth-order valence-corrected chi connectivity index (χ4v) is 5.35. The van der Waals surface area contributed by atoms with E-state index >= 15 is 0 Å². The topological polar surface area (TPSA) is 121 Å². The smallest absolute Gasteiger partial charge is 0.274 e. The molecule has 2 aromatic carbocycles. The van der Waals surface area contributed by atoms with Gasteiger partial charge in [0.1, 0.15) is 23.8 Å². The highest BCUT2D eigenvalue weighted by molar-refractivity contribution is 5.99. The van der Waals surface area contributed by atoms with E-state index in [1.807, 2.05) is 6.07 Å². The summed E-state index contributed by atoms with van der Waals surface area (Å²) < 4.78 is 34.7.